The third kappa shape index (κ3) is 4.00. The summed E-state index contributed by atoms with van der Waals surface area (Å²) >= 11 is 0. The van der Waals surface area contributed by atoms with Crippen LogP contribution in [0, 0.1) is 6.92 Å². The van der Waals surface area contributed by atoms with Crippen LogP contribution in [0.1, 0.15) is 12.0 Å². The molecule has 3 rings (SSSR count). The van der Waals surface area contributed by atoms with Crippen molar-refractivity contribution in [2.75, 3.05) is 12.0 Å². The number of methoxy groups -OCH3 is 1. The van der Waals surface area contributed by atoms with Crippen LogP contribution in [0.15, 0.2) is 53.4 Å². The number of hydrazine groups is 1. The van der Waals surface area contributed by atoms with E-state index in [9.17, 15) is 18.0 Å². The number of nitrogens with one attached hydrogen (secondary N) is 2. The molecular formula is C18H19N3O5S. The third-order valence-electron chi connectivity index (χ3n) is 4.18. The first-order valence-electron chi connectivity index (χ1n) is 8.16. The van der Waals surface area contributed by atoms with E-state index < -0.39 is 27.9 Å². The van der Waals surface area contributed by atoms with E-state index in [1.54, 1.807) is 36.4 Å². The lowest BCUT2D eigenvalue weighted by molar-refractivity contribution is -0.121. The molecule has 0 aromatic heterocycles. The molecule has 0 radical (unpaired) electrons. The van der Waals surface area contributed by atoms with Crippen LogP contribution in [0.25, 0.3) is 0 Å². The van der Waals surface area contributed by atoms with Crippen molar-refractivity contribution in [3.05, 3.63) is 54.1 Å². The van der Waals surface area contributed by atoms with Crippen LogP contribution in [0.3, 0.4) is 0 Å². The Bertz CT molecular complexity index is 955. The molecule has 9 heteroatoms. The fourth-order valence-corrected chi connectivity index (χ4v) is 3.58. The summed E-state index contributed by atoms with van der Waals surface area (Å²) in [4.78, 5) is 28.0. The molecule has 1 unspecified atom stereocenters. The Kier molecular flexibility index (Phi) is 5.26. The second-order valence-electron chi connectivity index (χ2n) is 6.09. The SMILES string of the molecule is COc1ccc(N2C(=O)CC(NNS(=O)(=O)c3ccc(C)cc3)C2=O)cc1. The number of rotatable bonds is 6. The molecule has 27 heavy (non-hydrogen) atoms. The summed E-state index contributed by atoms with van der Waals surface area (Å²) in [6.45, 7) is 1.85. The van der Waals surface area contributed by atoms with Gasteiger partial charge in [0, 0.05) is 0 Å². The van der Waals surface area contributed by atoms with E-state index in [4.69, 9.17) is 4.74 Å². The number of hydrogen-bond acceptors (Lipinski definition) is 6. The summed E-state index contributed by atoms with van der Waals surface area (Å²) < 4.78 is 29.7. The quantitative estimate of drug-likeness (QED) is 0.567. The zero-order chi connectivity index (χ0) is 19.6. The Hall–Kier alpha value is -2.75. The van der Waals surface area contributed by atoms with Gasteiger partial charge in [-0.25, -0.2) is 18.7 Å². The Morgan fingerprint density at radius 2 is 1.67 bits per heavy atom. The minimum absolute atomic E-state index is 0.0596. The summed E-state index contributed by atoms with van der Waals surface area (Å²) in [7, 11) is -2.34. The largest absolute Gasteiger partial charge is 0.497 e. The molecule has 1 atom stereocenters. The van der Waals surface area contributed by atoms with E-state index in [1.807, 2.05) is 6.92 Å². The van der Waals surface area contributed by atoms with Gasteiger partial charge in [0.25, 0.3) is 15.9 Å². The number of ether oxygens (including phenoxy) is 1. The highest BCUT2D eigenvalue weighted by atomic mass is 32.2. The molecular weight excluding hydrogens is 370 g/mol. The van der Waals surface area contributed by atoms with Gasteiger partial charge in [-0.3, -0.25) is 9.59 Å². The van der Waals surface area contributed by atoms with Crippen LogP contribution in [-0.4, -0.2) is 33.4 Å². The predicted molar refractivity (Wildman–Crippen MR) is 98.5 cm³/mol. The van der Waals surface area contributed by atoms with Crippen molar-refractivity contribution in [1.29, 1.82) is 0 Å². The van der Waals surface area contributed by atoms with E-state index in [0.29, 0.717) is 11.4 Å². The van der Waals surface area contributed by atoms with Crippen molar-refractivity contribution in [3.8, 4) is 5.75 Å². The highest BCUT2D eigenvalue weighted by molar-refractivity contribution is 7.89. The first-order chi connectivity index (χ1) is 12.8. The number of imide groups is 1. The van der Waals surface area contributed by atoms with Crippen LogP contribution in [0.4, 0.5) is 5.69 Å². The number of carbonyl (C=O) groups is 2. The fraction of sp³-hybridized carbons (Fsp3) is 0.222. The smallest absolute Gasteiger partial charge is 0.253 e. The lowest BCUT2D eigenvalue weighted by Gasteiger charge is -2.16. The molecule has 0 spiro atoms. The molecule has 1 saturated heterocycles. The molecule has 0 bridgehead atoms. The van der Waals surface area contributed by atoms with Crippen molar-refractivity contribution in [2.45, 2.75) is 24.3 Å². The zero-order valence-electron chi connectivity index (χ0n) is 14.8. The average Bonchev–Trinajstić information content (AvgIpc) is 2.94. The standard InChI is InChI=1S/C18H19N3O5S/c1-12-3-9-15(10-4-12)27(24,25)20-19-16-11-17(22)21(18(16)23)13-5-7-14(26-2)8-6-13/h3-10,16,19-20H,11H2,1-2H3. The van der Waals surface area contributed by atoms with Crippen LogP contribution < -0.4 is 19.9 Å². The molecule has 2 aromatic rings. The number of aryl methyl sites for hydroxylation is 1. The second kappa shape index (κ2) is 7.47. The monoisotopic (exact) mass is 389 g/mol. The zero-order valence-corrected chi connectivity index (χ0v) is 15.6. The predicted octanol–water partition coefficient (Wildman–Crippen LogP) is 1.12. The molecule has 2 N–H and O–H groups in total. The molecule has 2 aromatic carbocycles. The Labute approximate surface area is 157 Å². The second-order valence-corrected chi connectivity index (χ2v) is 7.77. The van der Waals surface area contributed by atoms with Gasteiger partial charge in [0.05, 0.1) is 24.1 Å². The minimum atomic E-state index is -3.86. The third-order valence-corrected chi connectivity index (χ3v) is 5.46. The van der Waals surface area contributed by atoms with Gasteiger partial charge < -0.3 is 4.74 Å². The summed E-state index contributed by atoms with van der Waals surface area (Å²) in [5, 5.41) is 0. The van der Waals surface area contributed by atoms with Gasteiger partial charge in [0.2, 0.25) is 5.91 Å². The van der Waals surface area contributed by atoms with E-state index in [1.165, 1.54) is 19.2 Å². The Morgan fingerprint density at radius 1 is 1.04 bits per heavy atom. The molecule has 142 valence electrons. The first kappa shape index (κ1) is 19.0. The number of sulfonamides is 1. The summed E-state index contributed by atoms with van der Waals surface area (Å²) in [5.74, 6) is -0.354. The molecule has 1 fully saturated rings. The summed E-state index contributed by atoms with van der Waals surface area (Å²) in [6, 6.07) is 11.7. The van der Waals surface area contributed by atoms with Gasteiger partial charge in [-0.05, 0) is 43.3 Å². The van der Waals surface area contributed by atoms with Crippen molar-refractivity contribution < 1.29 is 22.7 Å². The number of hydrogen-bond donors (Lipinski definition) is 2. The topological polar surface area (TPSA) is 105 Å². The fourth-order valence-electron chi connectivity index (χ4n) is 2.67. The van der Waals surface area contributed by atoms with Crippen LogP contribution in [0.5, 0.6) is 5.75 Å². The molecule has 1 heterocycles. The molecule has 0 aliphatic carbocycles. The summed E-state index contributed by atoms with van der Waals surface area (Å²) in [6.07, 6.45) is -0.152. The van der Waals surface area contributed by atoms with E-state index in [2.05, 4.69) is 10.3 Å². The summed E-state index contributed by atoms with van der Waals surface area (Å²) in [5.41, 5.74) is 3.79. The normalized spacial score (nSPS) is 17.4. The van der Waals surface area contributed by atoms with Crippen molar-refractivity contribution in [1.82, 2.24) is 10.3 Å². The maximum absolute atomic E-state index is 12.5. The van der Waals surface area contributed by atoms with Crippen molar-refractivity contribution in [3.63, 3.8) is 0 Å². The average molecular weight is 389 g/mol. The molecule has 8 nitrogen and oxygen atoms in total. The Morgan fingerprint density at radius 3 is 2.26 bits per heavy atom. The minimum Gasteiger partial charge on any atom is -0.497 e. The van der Waals surface area contributed by atoms with Crippen molar-refractivity contribution in [2.24, 2.45) is 0 Å². The van der Waals surface area contributed by atoms with Gasteiger partial charge >= 0.3 is 0 Å². The molecule has 1 aliphatic rings. The van der Waals surface area contributed by atoms with Crippen LogP contribution in [0.2, 0.25) is 0 Å². The lowest BCUT2D eigenvalue weighted by atomic mass is 10.2. The maximum Gasteiger partial charge on any atom is 0.253 e. The first-order valence-corrected chi connectivity index (χ1v) is 9.65. The van der Waals surface area contributed by atoms with Gasteiger partial charge in [0.15, 0.2) is 0 Å². The number of amides is 2. The van der Waals surface area contributed by atoms with Gasteiger partial charge in [-0.15, -0.1) is 4.83 Å². The van der Waals surface area contributed by atoms with E-state index in [0.717, 1.165) is 10.5 Å². The van der Waals surface area contributed by atoms with E-state index in [-0.39, 0.29) is 11.3 Å². The highest BCUT2D eigenvalue weighted by Gasteiger charge is 2.40. The van der Waals surface area contributed by atoms with Crippen LogP contribution in [-0.2, 0) is 19.6 Å². The van der Waals surface area contributed by atoms with Crippen LogP contribution >= 0.6 is 0 Å². The number of benzene rings is 2. The van der Waals surface area contributed by atoms with E-state index >= 15 is 0 Å². The highest BCUT2D eigenvalue weighted by Crippen LogP contribution is 2.25. The number of nitrogens with zero attached hydrogens (tertiary/aromatic N) is 1. The molecule has 0 saturated carbocycles. The Balaban J connectivity index is 1.70. The number of anilines is 1. The van der Waals surface area contributed by atoms with Crippen molar-refractivity contribution >= 4 is 27.5 Å². The van der Waals surface area contributed by atoms with Gasteiger partial charge in [0.1, 0.15) is 11.8 Å². The van der Waals surface area contributed by atoms with Gasteiger partial charge in [-0.1, -0.05) is 17.7 Å². The maximum atomic E-state index is 12.5. The molecule has 2 amide bonds. The lowest BCUT2D eigenvalue weighted by Crippen LogP contribution is -2.48. The number of carbonyl (C=O) groups excluding carboxylic acids is 2. The van der Waals surface area contributed by atoms with Gasteiger partial charge in [-0.2, -0.15) is 0 Å². The molecule has 1 aliphatic heterocycles.